The fraction of sp³-hybridized carbons (Fsp3) is 0.735. The van der Waals surface area contributed by atoms with Crippen molar-refractivity contribution in [1.29, 1.82) is 0 Å². The van der Waals surface area contributed by atoms with E-state index in [0.717, 1.165) is 18.4 Å². The summed E-state index contributed by atoms with van der Waals surface area (Å²) in [5, 5.41) is 6.01. The Kier molecular flexibility index (Phi) is 10.5. The molecule has 2 amide bonds. The van der Waals surface area contributed by atoms with Gasteiger partial charge in [-0.1, -0.05) is 33.8 Å². The number of hydrogen-bond acceptors (Lipinski definition) is 8. The van der Waals surface area contributed by atoms with E-state index < -0.39 is 36.1 Å². The van der Waals surface area contributed by atoms with Crippen molar-refractivity contribution >= 4 is 24.9 Å². The van der Waals surface area contributed by atoms with Gasteiger partial charge < -0.3 is 34.2 Å². The van der Waals surface area contributed by atoms with Crippen molar-refractivity contribution in [3.63, 3.8) is 0 Å². The smallest absolute Gasteiger partial charge is 0.481 e. The normalized spacial score (nSPS) is 26.3. The molecule has 45 heavy (non-hydrogen) atoms. The number of carbonyl (C=O) groups excluding carboxylic acids is 3. The SMILES string of the molecule is COc1ccc(CC(=O)NC[C@H](CC(=O)OC(C)(C)C)C(=O)N[C@@H](CC(C)C)B2O[C@@H]3C[C@H]4C[C@H](C4(C)C)[C@]3(C)O2)cc1OC. The Bertz CT molecular complexity index is 1250. The molecule has 5 rings (SSSR count). The highest BCUT2D eigenvalue weighted by Gasteiger charge is 2.68. The van der Waals surface area contributed by atoms with Crippen LogP contribution >= 0.6 is 0 Å². The Morgan fingerprint density at radius 3 is 2.36 bits per heavy atom. The topological polar surface area (TPSA) is 121 Å². The summed E-state index contributed by atoms with van der Waals surface area (Å²) >= 11 is 0. The summed E-state index contributed by atoms with van der Waals surface area (Å²) in [6.07, 6.45) is 2.60. The highest BCUT2D eigenvalue weighted by molar-refractivity contribution is 6.47. The number of benzene rings is 1. The molecule has 0 aromatic heterocycles. The minimum absolute atomic E-state index is 0.0146. The highest BCUT2D eigenvalue weighted by atomic mass is 16.7. The average Bonchev–Trinajstić information content (AvgIpc) is 3.30. The lowest BCUT2D eigenvalue weighted by molar-refractivity contribution is -0.199. The van der Waals surface area contributed by atoms with Crippen LogP contribution in [0.3, 0.4) is 0 Å². The van der Waals surface area contributed by atoms with E-state index in [2.05, 4.69) is 45.3 Å². The Labute approximate surface area is 269 Å². The van der Waals surface area contributed by atoms with E-state index >= 15 is 0 Å². The van der Waals surface area contributed by atoms with Crippen molar-refractivity contribution in [3.8, 4) is 11.5 Å². The first-order valence-corrected chi connectivity index (χ1v) is 16.3. The largest absolute Gasteiger partial charge is 0.493 e. The summed E-state index contributed by atoms with van der Waals surface area (Å²) in [6.45, 7) is 16.3. The summed E-state index contributed by atoms with van der Waals surface area (Å²) in [4.78, 5) is 39.7. The lowest BCUT2D eigenvalue weighted by Gasteiger charge is -2.64. The molecule has 0 radical (unpaired) electrons. The van der Waals surface area contributed by atoms with Gasteiger partial charge in [0.1, 0.15) is 5.60 Å². The molecule has 1 aromatic rings. The number of hydrogen-bond donors (Lipinski definition) is 2. The molecule has 3 aliphatic carbocycles. The maximum atomic E-state index is 13.9. The number of esters is 1. The highest BCUT2D eigenvalue weighted by Crippen LogP contribution is 2.65. The van der Waals surface area contributed by atoms with Gasteiger partial charge in [-0.25, -0.2) is 0 Å². The lowest BCUT2D eigenvalue weighted by atomic mass is 9.43. The van der Waals surface area contributed by atoms with Crippen LogP contribution in [0.15, 0.2) is 18.2 Å². The number of amides is 2. The van der Waals surface area contributed by atoms with E-state index in [0.29, 0.717) is 29.8 Å². The van der Waals surface area contributed by atoms with Gasteiger partial charge in [0.05, 0.1) is 50.6 Å². The molecule has 1 aliphatic heterocycles. The predicted octanol–water partition coefficient (Wildman–Crippen LogP) is 4.51. The van der Waals surface area contributed by atoms with Crippen LogP contribution in [0.1, 0.15) is 86.6 Å². The van der Waals surface area contributed by atoms with Crippen molar-refractivity contribution in [2.45, 2.75) is 111 Å². The Morgan fingerprint density at radius 2 is 1.76 bits per heavy atom. The zero-order valence-corrected chi connectivity index (χ0v) is 28.8. The van der Waals surface area contributed by atoms with Gasteiger partial charge in [-0.2, -0.15) is 0 Å². The molecule has 2 N–H and O–H groups in total. The quantitative estimate of drug-likeness (QED) is 0.242. The second-order valence-electron chi connectivity index (χ2n) is 15.2. The van der Waals surface area contributed by atoms with Crippen molar-refractivity contribution in [3.05, 3.63) is 23.8 Å². The van der Waals surface area contributed by atoms with E-state index in [1.165, 1.54) is 7.11 Å². The maximum Gasteiger partial charge on any atom is 0.481 e. The van der Waals surface area contributed by atoms with Gasteiger partial charge >= 0.3 is 13.1 Å². The molecule has 6 atom stereocenters. The van der Waals surface area contributed by atoms with Crippen molar-refractivity contribution in [2.24, 2.45) is 29.1 Å². The van der Waals surface area contributed by atoms with Crippen molar-refractivity contribution in [2.75, 3.05) is 20.8 Å². The van der Waals surface area contributed by atoms with Crippen LogP contribution in [0.4, 0.5) is 0 Å². The second-order valence-corrected chi connectivity index (χ2v) is 15.2. The van der Waals surface area contributed by atoms with E-state index in [9.17, 15) is 14.4 Å². The summed E-state index contributed by atoms with van der Waals surface area (Å²) in [5.41, 5.74) is -0.187. The molecule has 10 nitrogen and oxygen atoms in total. The standard InChI is InChI=1S/C34H53BN2O8/c1-20(2)13-28(35-44-27-18-23-17-26(33(23,6)7)34(27,8)45-35)37-31(40)22(16-30(39)43-32(3,4)5)19-36-29(38)15-21-11-12-24(41-9)25(14-21)42-10/h11-12,14,20,22-23,26-28H,13,15-19H2,1-10H3,(H,36,38)(H,37,40)/t22-,23+,26+,27+,28-,34-/m0/s1. The van der Waals surface area contributed by atoms with Gasteiger partial charge in [0.15, 0.2) is 11.5 Å². The van der Waals surface area contributed by atoms with Gasteiger partial charge in [0.2, 0.25) is 11.8 Å². The molecule has 1 aromatic carbocycles. The molecule has 3 saturated carbocycles. The fourth-order valence-corrected chi connectivity index (χ4v) is 7.44. The molecule has 4 aliphatic rings. The Morgan fingerprint density at radius 1 is 1.07 bits per heavy atom. The summed E-state index contributed by atoms with van der Waals surface area (Å²) < 4.78 is 29.4. The van der Waals surface area contributed by atoms with Gasteiger partial charge in [-0.05, 0) is 87.8 Å². The monoisotopic (exact) mass is 628 g/mol. The van der Waals surface area contributed by atoms with Crippen LogP contribution in [-0.4, -0.2) is 68.9 Å². The molecule has 1 saturated heterocycles. The minimum atomic E-state index is -0.852. The molecule has 2 bridgehead atoms. The third kappa shape index (κ3) is 7.96. The average molecular weight is 629 g/mol. The molecule has 0 unspecified atom stereocenters. The van der Waals surface area contributed by atoms with Gasteiger partial charge in [0, 0.05) is 6.54 Å². The van der Waals surface area contributed by atoms with Crippen LogP contribution in [0.2, 0.25) is 0 Å². The molecular weight excluding hydrogens is 575 g/mol. The number of ether oxygens (including phenoxy) is 3. The summed E-state index contributed by atoms with van der Waals surface area (Å²) in [7, 11) is 2.49. The van der Waals surface area contributed by atoms with Crippen molar-refractivity contribution in [1.82, 2.24) is 10.6 Å². The lowest BCUT2D eigenvalue weighted by Crippen LogP contribution is -2.65. The Balaban J connectivity index is 1.46. The molecule has 1 heterocycles. The minimum Gasteiger partial charge on any atom is -0.493 e. The first-order valence-electron chi connectivity index (χ1n) is 16.3. The van der Waals surface area contributed by atoms with Gasteiger partial charge in [0.25, 0.3) is 0 Å². The Hall–Kier alpha value is -2.79. The fourth-order valence-electron chi connectivity index (χ4n) is 7.44. The molecular formula is C34H53BN2O8. The third-order valence-electron chi connectivity index (χ3n) is 9.91. The predicted molar refractivity (Wildman–Crippen MR) is 172 cm³/mol. The number of carbonyl (C=O) groups is 3. The third-order valence-corrected chi connectivity index (χ3v) is 9.91. The molecule has 250 valence electrons. The van der Waals surface area contributed by atoms with Gasteiger partial charge in [-0.15, -0.1) is 0 Å². The number of nitrogens with one attached hydrogen (secondary N) is 2. The van der Waals surface area contributed by atoms with Crippen LogP contribution in [0, 0.1) is 29.1 Å². The molecule has 0 spiro atoms. The first kappa shape index (κ1) is 35.1. The number of methoxy groups -OCH3 is 2. The van der Waals surface area contributed by atoms with E-state index in [4.69, 9.17) is 23.5 Å². The maximum absolute atomic E-state index is 13.9. The van der Waals surface area contributed by atoms with Crippen LogP contribution in [-0.2, 0) is 34.9 Å². The summed E-state index contributed by atoms with van der Waals surface area (Å²) in [5.74, 6) is -0.0585. The zero-order chi connectivity index (χ0) is 33.3. The van der Waals surface area contributed by atoms with Crippen LogP contribution < -0.4 is 20.1 Å². The molecule has 11 heteroatoms. The van der Waals surface area contributed by atoms with Gasteiger partial charge in [-0.3, -0.25) is 14.4 Å². The zero-order valence-electron chi connectivity index (χ0n) is 28.8. The van der Waals surface area contributed by atoms with E-state index in [1.807, 2.05) is 0 Å². The second kappa shape index (κ2) is 13.5. The van der Waals surface area contributed by atoms with Crippen molar-refractivity contribution < 1.29 is 37.9 Å². The van der Waals surface area contributed by atoms with Crippen LogP contribution in [0.25, 0.3) is 0 Å². The van der Waals surface area contributed by atoms with Crippen LogP contribution in [0.5, 0.6) is 11.5 Å². The molecule has 4 fully saturated rings. The number of rotatable bonds is 13. The van der Waals surface area contributed by atoms with E-state index in [1.54, 1.807) is 46.1 Å². The van der Waals surface area contributed by atoms with E-state index in [-0.39, 0.29) is 48.6 Å². The summed E-state index contributed by atoms with van der Waals surface area (Å²) in [6, 6.07) is 5.26. The first-order chi connectivity index (χ1) is 21.0.